The Hall–Kier alpha value is -4.24. The van der Waals surface area contributed by atoms with Crippen LogP contribution in [0.5, 0.6) is 17.2 Å². The molecule has 0 fully saturated rings. The van der Waals surface area contributed by atoms with E-state index in [1.54, 1.807) is 57.5 Å². The maximum Gasteiger partial charge on any atom is 0.328 e. The number of aryl methyl sites for hydroxylation is 3. The van der Waals surface area contributed by atoms with E-state index < -0.39 is 10.0 Å². The molecule has 0 bridgehead atoms. The highest BCUT2D eigenvalue weighted by atomic mass is 32.2. The number of ether oxygens (including phenoxy) is 2. The minimum Gasteiger partial charge on any atom is -0.493 e. The Kier molecular flexibility index (Phi) is 6.52. The number of rotatable bonds is 9. The Labute approximate surface area is 201 Å². The van der Waals surface area contributed by atoms with Crippen molar-refractivity contribution < 1.29 is 17.9 Å². The lowest BCUT2D eigenvalue weighted by Gasteiger charge is -2.14. The third-order valence-electron chi connectivity index (χ3n) is 5.31. The van der Waals surface area contributed by atoms with Crippen molar-refractivity contribution in [3.63, 3.8) is 0 Å². The Morgan fingerprint density at radius 2 is 1.80 bits per heavy atom. The van der Waals surface area contributed by atoms with Crippen LogP contribution in [-0.2, 0) is 31.2 Å². The van der Waals surface area contributed by atoms with Crippen LogP contribution in [0.1, 0.15) is 12.8 Å². The average Bonchev–Trinajstić information content (AvgIpc) is 3.36. The summed E-state index contributed by atoms with van der Waals surface area (Å²) in [6, 6.07) is 12.1. The van der Waals surface area contributed by atoms with Crippen LogP contribution in [0.25, 0.3) is 11.0 Å². The standard InChI is InChI=1S/C23H24N6O5S/c1-27-14-22(25-15-27)35(31,32)26-18-12-19-20(29(3)23(30)28(19)2)13-21(18)34-17-8-6-7-16(11-17)33-10-5-4-9-24/h6-8,11-15,26H,4-5,10H2,1-3H3. The number of hydrogen-bond donors (Lipinski definition) is 1. The lowest BCUT2D eigenvalue weighted by atomic mass is 10.2. The summed E-state index contributed by atoms with van der Waals surface area (Å²) >= 11 is 0. The zero-order valence-corrected chi connectivity index (χ0v) is 20.2. The van der Waals surface area contributed by atoms with E-state index >= 15 is 0 Å². The minimum absolute atomic E-state index is 0.143. The molecule has 4 rings (SSSR count). The third kappa shape index (κ3) is 4.99. The predicted molar refractivity (Wildman–Crippen MR) is 129 cm³/mol. The first-order chi connectivity index (χ1) is 16.7. The molecule has 0 aliphatic heterocycles. The fraction of sp³-hybridized carbons (Fsp3) is 0.261. The molecule has 35 heavy (non-hydrogen) atoms. The number of unbranched alkanes of at least 4 members (excludes halogenated alkanes) is 1. The smallest absolute Gasteiger partial charge is 0.328 e. The molecule has 2 heterocycles. The topological polar surface area (TPSA) is 133 Å². The van der Waals surface area contributed by atoms with Gasteiger partial charge in [0.25, 0.3) is 10.0 Å². The molecular weight excluding hydrogens is 472 g/mol. The first kappa shape index (κ1) is 23.9. The Balaban J connectivity index is 1.73. The van der Waals surface area contributed by atoms with E-state index in [0.717, 1.165) is 0 Å². The van der Waals surface area contributed by atoms with E-state index in [1.807, 2.05) is 0 Å². The van der Waals surface area contributed by atoms with Gasteiger partial charge in [-0.3, -0.25) is 13.9 Å². The summed E-state index contributed by atoms with van der Waals surface area (Å²) in [6.07, 6.45) is 3.76. The molecule has 2 aromatic carbocycles. The lowest BCUT2D eigenvalue weighted by molar-refractivity contribution is 0.311. The zero-order chi connectivity index (χ0) is 25.2. The lowest BCUT2D eigenvalue weighted by Crippen LogP contribution is -2.19. The van der Waals surface area contributed by atoms with Crippen molar-refractivity contribution >= 4 is 26.7 Å². The molecule has 0 saturated carbocycles. The van der Waals surface area contributed by atoms with Crippen molar-refractivity contribution in [2.45, 2.75) is 17.9 Å². The van der Waals surface area contributed by atoms with Gasteiger partial charge >= 0.3 is 5.69 Å². The highest BCUT2D eigenvalue weighted by Crippen LogP contribution is 2.35. The second kappa shape index (κ2) is 9.55. The molecule has 12 heteroatoms. The van der Waals surface area contributed by atoms with Gasteiger partial charge in [0.1, 0.15) is 11.5 Å². The zero-order valence-electron chi connectivity index (χ0n) is 19.4. The molecule has 0 aliphatic carbocycles. The molecule has 0 aliphatic rings. The molecule has 0 unspecified atom stereocenters. The van der Waals surface area contributed by atoms with E-state index in [0.29, 0.717) is 42.0 Å². The Morgan fingerprint density at radius 1 is 1.09 bits per heavy atom. The van der Waals surface area contributed by atoms with Crippen LogP contribution in [0.2, 0.25) is 0 Å². The van der Waals surface area contributed by atoms with Crippen LogP contribution in [0.4, 0.5) is 5.69 Å². The van der Waals surface area contributed by atoms with Gasteiger partial charge in [0.2, 0.25) is 0 Å². The monoisotopic (exact) mass is 496 g/mol. The van der Waals surface area contributed by atoms with Gasteiger partial charge in [-0.1, -0.05) is 6.07 Å². The van der Waals surface area contributed by atoms with Gasteiger partial charge < -0.3 is 14.0 Å². The number of imidazole rings is 2. The SMILES string of the molecule is Cn1cnc(S(=O)(=O)Nc2cc3c(cc2Oc2cccc(OCCCC#N)c2)n(C)c(=O)n3C)c1. The number of anilines is 1. The number of nitrogens with one attached hydrogen (secondary N) is 1. The van der Waals surface area contributed by atoms with Gasteiger partial charge in [0.15, 0.2) is 10.8 Å². The summed E-state index contributed by atoms with van der Waals surface area (Å²) in [5, 5.41) is 8.51. The normalized spacial score (nSPS) is 11.4. The number of sulfonamides is 1. The van der Waals surface area contributed by atoms with E-state index in [9.17, 15) is 13.2 Å². The summed E-state index contributed by atoms with van der Waals surface area (Å²) in [7, 11) is 0.877. The number of aromatic nitrogens is 4. The molecule has 2 aromatic heterocycles. The molecule has 1 N–H and O–H groups in total. The van der Waals surface area contributed by atoms with Crippen molar-refractivity contribution in [3.05, 3.63) is 59.4 Å². The number of hydrogen-bond acceptors (Lipinski definition) is 7. The molecule has 0 amide bonds. The maximum atomic E-state index is 13.0. The van der Waals surface area contributed by atoms with Crippen LogP contribution in [-0.4, -0.2) is 33.7 Å². The average molecular weight is 497 g/mol. The maximum absolute atomic E-state index is 13.0. The van der Waals surface area contributed by atoms with Crippen LogP contribution in [0.15, 0.2) is 58.7 Å². The number of benzene rings is 2. The van der Waals surface area contributed by atoms with E-state index in [2.05, 4.69) is 15.8 Å². The van der Waals surface area contributed by atoms with Gasteiger partial charge in [-0.15, -0.1) is 0 Å². The number of fused-ring (bicyclic) bond motifs is 1. The van der Waals surface area contributed by atoms with Crippen LogP contribution in [0.3, 0.4) is 0 Å². The number of nitriles is 1. The highest BCUT2D eigenvalue weighted by Gasteiger charge is 2.22. The predicted octanol–water partition coefficient (Wildman–Crippen LogP) is 2.89. The van der Waals surface area contributed by atoms with Gasteiger partial charge in [0, 0.05) is 45.9 Å². The van der Waals surface area contributed by atoms with E-state index in [1.165, 1.54) is 26.2 Å². The molecule has 0 spiro atoms. The Bertz CT molecular complexity index is 1590. The molecule has 182 valence electrons. The van der Waals surface area contributed by atoms with E-state index in [-0.39, 0.29) is 22.2 Å². The van der Waals surface area contributed by atoms with Crippen molar-refractivity contribution in [2.24, 2.45) is 21.1 Å². The van der Waals surface area contributed by atoms with Crippen molar-refractivity contribution in [1.82, 2.24) is 18.7 Å². The van der Waals surface area contributed by atoms with Crippen LogP contribution < -0.4 is 19.9 Å². The van der Waals surface area contributed by atoms with Gasteiger partial charge in [0.05, 0.1) is 35.7 Å². The van der Waals surface area contributed by atoms with Crippen LogP contribution >= 0.6 is 0 Å². The summed E-state index contributed by atoms with van der Waals surface area (Å²) in [4.78, 5) is 16.4. The Morgan fingerprint density at radius 3 is 2.49 bits per heavy atom. The second-order valence-electron chi connectivity index (χ2n) is 7.91. The molecule has 0 saturated heterocycles. The summed E-state index contributed by atoms with van der Waals surface area (Å²) in [5.74, 6) is 1.14. The van der Waals surface area contributed by atoms with Gasteiger partial charge in [-0.2, -0.15) is 13.7 Å². The van der Waals surface area contributed by atoms with Crippen molar-refractivity contribution in [3.8, 4) is 23.3 Å². The molecular formula is C23H24N6O5S. The van der Waals surface area contributed by atoms with Gasteiger partial charge in [-0.05, 0) is 24.6 Å². The first-order valence-corrected chi connectivity index (χ1v) is 12.2. The summed E-state index contributed by atoms with van der Waals surface area (Å²) in [6.45, 7) is 0.379. The largest absolute Gasteiger partial charge is 0.493 e. The quantitative estimate of drug-likeness (QED) is 0.352. The highest BCUT2D eigenvalue weighted by molar-refractivity contribution is 7.92. The van der Waals surface area contributed by atoms with Gasteiger partial charge in [-0.25, -0.2) is 9.78 Å². The van der Waals surface area contributed by atoms with Crippen molar-refractivity contribution in [1.29, 1.82) is 5.26 Å². The fourth-order valence-electron chi connectivity index (χ4n) is 3.51. The van der Waals surface area contributed by atoms with E-state index in [4.69, 9.17) is 14.7 Å². The van der Waals surface area contributed by atoms with Crippen molar-refractivity contribution in [2.75, 3.05) is 11.3 Å². The molecule has 0 radical (unpaired) electrons. The summed E-state index contributed by atoms with van der Waals surface area (Å²) < 4.78 is 44.6. The third-order valence-corrected chi connectivity index (χ3v) is 6.56. The number of nitrogens with zero attached hydrogens (tertiary/aromatic N) is 5. The minimum atomic E-state index is -4.02. The molecule has 0 atom stereocenters. The summed E-state index contributed by atoms with van der Waals surface area (Å²) in [5.41, 5.74) is 0.975. The second-order valence-corrected chi connectivity index (χ2v) is 9.54. The molecule has 11 nitrogen and oxygen atoms in total. The fourth-order valence-corrected chi connectivity index (χ4v) is 4.56. The first-order valence-electron chi connectivity index (χ1n) is 10.7. The molecule has 4 aromatic rings. The van der Waals surface area contributed by atoms with Crippen LogP contribution in [0, 0.1) is 11.3 Å².